The number of ketones is 1. The van der Waals surface area contributed by atoms with Crippen LogP contribution in [-0.2, 0) is 6.54 Å². The molecule has 0 unspecified atom stereocenters. The average molecular weight is 231 g/mol. The molecule has 2 rings (SSSR count). The van der Waals surface area contributed by atoms with Gasteiger partial charge in [-0.2, -0.15) is 0 Å². The minimum absolute atomic E-state index is 0.0235. The van der Waals surface area contributed by atoms with E-state index in [1.165, 1.54) is 11.0 Å². The first-order valence-corrected chi connectivity index (χ1v) is 4.88. The molecule has 0 saturated carbocycles. The molecule has 6 heteroatoms. The molecule has 1 heterocycles. The summed E-state index contributed by atoms with van der Waals surface area (Å²) in [6, 6.07) is 8.72. The predicted molar refractivity (Wildman–Crippen MR) is 57.8 cm³/mol. The molecule has 0 spiro atoms. The van der Waals surface area contributed by atoms with Crippen molar-refractivity contribution in [3.8, 4) is 0 Å². The molecule has 1 aromatic heterocycles. The van der Waals surface area contributed by atoms with Crippen molar-refractivity contribution in [3.63, 3.8) is 0 Å². The first kappa shape index (κ1) is 11.0. The number of aromatic nitrogens is 3. The van der Waals surface area contributed by atoms with Crippen molar-refractivity contribution in [3.05, 3.63) is 48.0 Å². The van der Waals surface area contributed by atoms with Crippen molar-refractivity contribution in [1.82, 2.24) is 14.8 Å². The fourth-order valence-electron chi connectivity index (χ4n) is 1.33. The van der Waals surface area contributed by atoms with Crippen LogP contribution in [0.1, 0.15) is 21.0 Å². The van der Waals surface area contributed by atoms with Gasteiger partial charge in [0.1, 0.15) is 12.9 Å². The van der Waals surface area contributed by atoms with Gasteiger partial charge >= 0.3 is 5.97 Å². The number of carbonyl (C=O) groups excluding carboxylic acids is 1. The molecule has 0 radical (unpaired) electrons. The minimum Gasteiger partial charge on any atom is -0.475 e. The van der Waals surface area contributed by atoms with Crippen molar-refractivity contribution in [2.45, 2.75) is 6.54 Å². The molecule has 0 atom stereocenters. The van der Waals surface area contributed by atoms with Crippen LogP contribution in [-0.4, -0.2) is 31.6 Å². The Labute approximate surface area is 96.5 Å². The van der Waals surface area contributed by atoms with Gasteiger partial charge in [0.15, 0.2) is 5.78 Å². The van der Waals surface area contributed by atoms with Gasteiger partial charge in [-0.15, -0.1) is 5.10 Å². The molecule has 86 valence electrons. The van der Waals surface area contributed by atoms with Crippen molar-refractivity contribution in [1.29, 1.82) is 0 Å². The zero-order valence-corrected chi connectivity index (χ0v) is 8.78. The summed E-state index contributed by atoms with van der Waals surface area (Å²) in [5.41, 5.74) is 0.555. The fraction of sp³-hybridized carbons (Fsp3) is 0.0909. The number of benzene rings is 1. The molecule has 0 aliphatic rings. The third-order valence-electron chi connectivity index (χ3n) is 2.13. The highest BCUT2D eigenvalue weighted by molar-refractivity contribution is 5.95. The molecule has 0 saturated heterocycles. The third-order valence-corrected chi connectivity index (χ3v) is 2.13. The summed E-state index contributed by atoms with van der Waals surface area (Å²) >= 11 is 0. The number of carboxylic acid groups (broad SMARTS) is 1. The number of hydrogen-bond donors (Lipinski definition) is 1. The topological polar surface area (TPSA) is 85.1 Å². The van der Waals surface area contributed by atoms with E-state index in [2.05, 4.69) is 10.1 Å². The zero-order chi connectivity index (χ0) is 12.3. The van der Waals surface area contributed by atoms with Gasteiger partial charge in [0.2, 0.25) is 0 Å². The quantitative estimate of drug-likeness (QED) is 0.789. The van der Waals surface area contributed by atoms with Gasteiger partial charge in [0.05, 0.1) is 0 Å². The summed E-state index contributed by atoms with van der Waals surface area (Å²) in [5.74, 6) is -1.67. The number of nitrogens with zero attached hydrogens (tertiary/aromatic N) is 3. The maximum absolute atomic E-state index is 11.8. The van der Waals surface area contributed by atoms with Gasteiger partial charge < -0.3 is 5.11 Å². The number of carboxylic acids is 1. The minimum atomic E-state index is -1.21. The molecule has 2 aromatic rings. The van der Waals surface area contributed by atoms with Crippen LogP contribution >= 0.6 is 0 Å². The summed E-state index contributed by atoms with van der Waals surface area (Å²) < 4.78 is 1.21. The van der Waals surface area contributed by atoms with Crippen molar-refractivity contribution < 1.29 is 14.7 Å². The highest BCUT2D eigenvalue weighted by Crippen LogP contribution is 2.01. The van der Waals surface area contributed by atoms with Crippen LogP contribution in [0.2, 0.25) is 0 Å². The monoisotopic (exact) mass is 231 g/mol. The van der Waals surface area contributed by atoms with Gasteiger partial charge in [-0.3, -0.25) is 4.79 Å². The first-order valence-electron chi connectivity index (χ1n) is 4.88. The Hall–Kier alpha value is -2.50. The maximum Gasteiger partial charge on any atom is 0.375 e. The molecular formula is C11H9N3O3. The standard InChI is InChI=1S/C11H9N3O3/c15-9(8-4-2-1-3-5-8)6-14-7-12-10(13-14)11(16)17/h1-5,7H,6H2,(H,16,17). The van der Waals surface area contributed by atoms with E-state index < -0.39 is 5.97 Å². The lowest BCUT2D eigenvalue weighted by molar-refractivity contribution is 0.0682. The predicted octanol–water partition coefficient (Wildman–Crippen LogP) is 0.859. The van der Waals surface area contributed by atoms with Crippen LogP contribution in [0.25, 0.3) is 0 Å². The number of Topliss-reactive ketones (excluding diaryl/α,β-unsaturated/α-hetero) is 1. The number of hydrogen-bond acceptors (Lipinski definition) is 4. The number of rotatable bonds is 4. The molecule has 6 nitrogen and oxygen atoms in total. The lowest BCUT2D eigenvalue weighted by Gasteiger charge is -1.99. The normalized spacial score (nSPS) is 10.1. The van der Waals surface area contributed by atoms with Gasteiger partial charge in [-0.1, -0.05) is 30.3 Å². The van der Waals surface area contributed by atoms with Crippen LogP contribution in [0.3, 0.4) is 0 Å². The van der Waals surface area contributed by atoms with Crippen molar-refractivity contribution in [2.24, 2.45) is 0 Å². The Kier molecular flexibility index (Phi) is 2.95. The van der Waals surface area contributed by atoms with E-state index in [9.17, 15) is 9.59 Å². The zero-order valence-electron chi connectivity index (χ0n) is 8.78. The van der Waals surface area contributed by atoms with Crippen molar-refractivity contribution >= 4 is 11.8 Å². The molecule has 0 amide bonds. The van der Waals surface area contributed by atoms with E-state index in [1.807, 2.05) is 6.07 Å². The third kappa shape index (κ3) is 2.54. The Morgan fingerprint density at radius 3 is 2.53 bits per heavy atom. The van der Waals surface area contributed by atoms with Gasteiger partial charge in [-0.25, -0.2) is 14.5 Å². The molecule has 17 heavy (non-hydrogen) atoms. The summed E-state index contributed by atoms with van der Waals surface area (Å²) in [6.45, 7) is -0.0235. The van der Waals surface area contributed by atoms with E-state index in [4.69, 9.17) is 5.11 Å². The maximum atomic E-state index is 11.8. The number of aromatic carboxylic acids is 1. The summed E-state index contributed by atoms with van der Waals surface area (Å²) in [6.07, 6.45) is 1.23. The summed E-state index contributed by atoms with van der Waals surface area (Å²) in [5, 5.41) is 12.3. The van der Waals surface area contributed by atoms with Crippen molar-refractivity contribution in [2.75, 3.05) is 0 Å². The second-order valence-corrected chi connectivity index (χ2v) is 3.36. The highest BCUT2D eigenvalue weighted by atomic mass is 16.4. The molecular weight excluding hydrogens is 222 g/mol. The largest absolute Gasteiger partial charge is 0.475 e. The van der Waals surface area contributed by atoms with Crippen LogP contribution in [0.5, 0.6) is 0 Å². The summed E-state index contributed by atoms with van der Waals surface area (Å²) in [7, 11) is 0. The van der Waals surface area contributed by atoms with Crippen LogP contribution in [0.4, 0.5) is 0 Å². The molecule has 0 fully saturated rings. The average Bonchev–Trinajstić information content (AvgIpc) is 2.79. The smallest absolute Gasteiger partial charge is 0.375 e. The Balaban J connectivity index is 2.11. The van der Waals surface area contributed by atoms with E-state index in [0.717, 1.165) is 0 Å². The SMILES string of the molecule is O=C(Cn1cnc(C(=O)O)n1)c1ccccc1. The second-order valence-electron chi connectivity index (χ2n) is 3.36. The molecule has 0 aliphatic heterocycles. The Bertz CT molecular complexity index is 548. The Morgan fingerprint density at radius 1 is 1.24 bits per heavy atom. The second kappa shape index (κ2) is 4.56. The lowest BCUT2D eigenvalue weighted by atomic mass is 10.1. The highest BCUT2D eigenvalue weighted by Gasteiger charge is 2.11. The van der Waals surface area contributed by atoms with Crippen LogP contribution < -0.4 is 0 Å². The van der Waals surface area contributed by atoms with E-state index in [-0.39, 0.29) is 18.2 Å². The van der Waals surface area contributed by atoms with E-state index >= 15 is 0 Å². The van der Waals surface area contributed by atoms with E-state index in [1.54, 1.807) is 24.3 Å². The Morgan fingerprint density at radius 2 is 1.94 bits per heavy atom. The fourth-order valence-corrected chi connectivity index (χ4v) is 1.33. The van der Waals surface area contributed by atoms with Gasteiger partial charge in [0.25, 0.3) is 5.82 Å². The summed E-state index contributed by atoms with van der Waals surface area (Å²) in [4.78, 5) is 25.9. The van der Waals surface area contributed by atoms with E-state index in [0.29, 0.717) is 5.56 Å². The number of carbonyl (C=O) groups is 2. The first-order chi connectivity index (χ1) is 8.16. The molecule has 0 bridgehead atoms. The van der Waals surface area contributed by atoms with Gasteiger partial charge in [0, 0.05) is 5.56 Å². The van der Waals surface area contributed by atoms with Crippen LogP contribution in [0, 0.1) is 0 Å². The molecule has 1 aromatic carbocycles. The van der Waals surface area contributed by atoms with Gasteiger partial charge in [-0.05, 0) is 0 Å². The molecule has 1 N–H and O–H groups in total. The lowest BCUT2D eigenvalue weighted by Crippen LogP contribution is -2.11. The molecule has 0 aliphatic carbocycles. The van der Waals surface area contributed by atoms with Crippen LogP contribution in [0.15, 0.2) is 36.7 Å².